The summed E-state index contributed by atoms with van der Waals surface area (Å²) in [5.74, 6) is 2.67. The van der Waals surface area contributed by atoms with Crippen LogP contribution in [0, 0.1) is 11.8 Å². The molecule has 1 saturated carbocycles. The third kappa shape index (κ3) is 1.38. The van der Waals surface area contributed by atoms with Gasteiger partial charge in [-0.05, 0) is 29.7 Å². The van der Waals surface area contributed by atoms with Crippen LogP contribution in [0.5, 0.6) is 0 Å². The fourth-order valence-corrected chi connectivity index (χ4v) is 2.03. The molecule has 0 aromatic heterocycles. The van der Waals surface area contributed by atoms with Crippen molar-refractivity contribution in [2.24, 2.45) is 11.8 Å². The molecule has 0 radical (unpaired) electrons. The van der Waals surface area contributed by atoms with Gasteiger partial charge in [0.05, 0.1) is 0 Å². The van der Waals surface area contributed by atoms with E-state index in [-0.39, 0.29) is 0 Å². The smallest absolute Gasteiger partial charge is 0.0128 e. The second-order valence-corrected chi connectivity index (χ2v) is 4.16. The molecule has 1 aliphatic rings. The van der Waals surface area contributed by atoms with Gasteiger partial charge in [-0.3, -0.25) is 0 Å². The van der Waals surface area contributed by atoms with Crippen molar-refractivity contribution < 1.29 is 0 Å². The first-order valence-electron chi connectivity index (χ1n) is 4.84. The molecule has 0 amide bonds. The highest BCUT2D eigenvalue weighted by molar-refractivity contribution is 5.25. The maximum Gasteiger partial charge on any atom is -0.0128 e. The molecule has 2 atom stereocenters. The molecule has 0 heteroatoms. The van der Waals surface area contributed by atoms with E-state index < -0.39 is 0 Å². The molecule has 0 nitrogen and oxygen atoms in total. The average molecular weight is 160 g/mol. The normalized spacial score (nSPS) is 27.6. The first kappa shape index (κ1) is 7.85. The molecule has 0 aliphatic heterocycles. The molecule has 0 heterocycles. The van der Waals surface area contributed by atoms with Crippen molar-refractivity contribution in [2.45, 2.75) is 26.2 Å². The van der Waals surface area contributed by atoms with E-state index in [1.807, 2.05) is 0 Å². The Kier molecular flexibility index (Phi) is 1.92. The predicted octanol–water partition coefficient (Wildman–Crippen LogP) is 3.45. The van der Waals surface area contributed by atoms with Gasteiger partial charge in [-0.25, -0.2) is 0 Å². The Labute approximate surface area is 74.6 Å². The maximum absolute atomic E-state index is 2.33. The third-order valence-electron chi connectivity index (χ3n) is 2.92. The zero-order chi connectivity index (χ0) is 8.55. The Morgan fingerprint density at radius 3 is 2.33 bits per heavy atom. The van der Waals surface area contributed by atoms with Crippen LogP contribution in [0.4, 0.5) is 0 Å². The molecule has 1 aromatic rings. The van der Waals surface area contributed by atoms with Crippen molar-refractivity contribution in [3.05, 3.63) is 35.9 Å². The summed E-state index contributed by atoms with van der Waals surface area (Å²) in [6.07, 6.45) is 1.40. The van der Waals surface area contributed by atoms with E-state index in [4.69, 9.17) is 0 Å². The van der Waals surface area contributed by atoms with E-state index in [1.54, 1.807) is 0 Å². The number of rotatable bonds is 2. The first-order chi connectivity index (χ1) is 5.79. The summed E-state index contributed by atoms with van der Waals surface area (Å²) in [5.41, 5.74) is 1.54. The SMILES string of the molecule is CC(C)C1C[C@H]1c1ccccc1. The van der Waals surface area contributed by atoms with Gasteiger partial charge in [0, 0.05) is 0 Å². The largest absolute Gasteiger partial charge is 0.0625 e. The Hall–Kier alpha value is -0.780. The molecular weight excluding hydrogens is 144 g/mol. The van der Waals surface area contributed by atoms with Crippen LogP contribution < -0.4 is 0 Å². The predicted molar refractivity (Wildman–Crippen MR) is 52.1 cm³/mol. The van der Waals surface area contributed by atoms with Crippen LogP contribution >= 0.6 is 0 Å². The van der Waals surface area contributed by atoms with E-state index >= 15 is 0 Å². The summed E-state index contributed by atoms with van der Waals surface area (Å²) in [6, 6.07) is 10.9. The minimum atomic E-state index is 0.857. The maximum atomic E-state index is 2.33. The van der Waals surface area contributed by atoms with E-state index in [0.717, 1.165) is 17.8 Å². The van der Waals surface area contributed by atoms with Crippen molar-refractivity contribution in [1.82, 2.24) is 0 Å². The van der Waals surface area contributed by atoms with Gasteiger partial charge in [-0.1, -0.05) is 44.2 Å². The number of hydrogen-bond acceptors (Lipinski definition) is 0. The molecule has 12 heavy (non-hydrogen) atoms. The van der Waals surface area contributed by atoms with Gasteiger partial charge < -0.3 is 0 Å². The van der Waals surface area contributed by atoms with Crippen LogP contribution in [0.2, 0.25) is 0 Å². The minimum absolute atomic E-state index is 0.857. The third-order valence-corrected chi connectivity index (χ3v) is 2.92. The van der Waals surface area contributed by atoms with Gasteiger partial charge in [0.15, 0.2) is 0 Å². The summed E-state index contributed by atoms with van der Waals surface area (Å²) in [6.45, 7) is 4.65. The lowest BCUT2D eigenvalue weighted by Crippen LogP contribution is -1.91. The topological polar surface area (TPSA) is 0 Å². The van der Waals surface area contributed by atoms with Crippen LogP contribution in [-0.2, 0) is 0 Å². The summed E-state index contributed by atoms with van der Waals surface area (Å²) in [7, 11) is 0. The van der Waals surface area contributed by atoms with E-state index in [9.17, 15) is 0 Å². The molecular formula is C12H16. The fraction of sp³-hybridized carbons (Fsp3) is 0.500. The molecule has 0 saturated heterocycles. The molecule has 1 aromatic carbocycles. The summed E-state index contributed by atoms with van der Waals surface area (Å²) in [4.78, 5) is 0. The molecule has 0 bridgehead atoms. The van der Waals surface area contributed by atoms with Crippen molar-refractivity contribution in [1.29, 1.82) is 0 Å². The standard InChI is InChI=1S/C12H16/c1-9(2)11-8-12(11)10-6-4-3-5-7-10/h3-7,9,11-12H,8H2,1-2H3/t11?,12-/m0/s1. The summed E-state index contributed by atoms with van der Waals surface area (Å²) >= 11 is 0. The molecule has 1 unspecified atom stereocenters. The fourth-order valence-electron chi connectivity index (χ4n) is 2.03. The van der Waals surface area contributed by atoms with Crippen LogP contribution in [0.15, 0.2) is 30.3 Å². The quantitative estimate of drug-likeness (QED) is 0.621. The highest BCUT2D eigenvalue weighted by Gasteiger charge is 2.39. The van der Waals surface area contributed by atoms with Gasteiger partial charge in [-0.15, -0.1) is 0 Å². The zero-order valence-electron chi connectivity index (χ0n) is 7.83. The van der Waals surface area contributed by atoms with Crippen molar-refractivity contribution in [3.63, 3.8) is 0 Å². The lowest BCUT2D eigenvalue weighted by molar-refractivity contribution is 0.549. The summed E-state index contributed by atoms with van der Waals surface area (Å²) < 4.78 is 0. The van der Waals surface area contributed by atoms with Gasteiger partial charge in [0.25, 0.3) is 0 Å². The van der Waals surface area contributed by atoms with E-state index in [1.165, 1.54) is 12.0 Å². The lowest BCUT2D eigenvalue weighted by Gasteiger charge is -2.02. The van der Waals surface area contributed by atoms with Crippen LogP contribution in [-0.4, -0.2) is 0 Å². The Morgan fingerprint density at radius 1 is 1.17 bits per heavy atom. The lowest BCUT2D eigenvalue weighted by atomic mass is 10.0. The Balaban J connectivity index is 2.06. The highest BCUT2D eigenvalue weighted by atomic mass is 14.4. The second kappa shape index (κ2) is 2.93. The monoisotopic (exact) mass is 160 g/mol. The molecule has 64 valence electrons. The molecule has 0 N–H and O–H groups in total. The first-order valence-corrected chi connectivity index (χ1v) is 4.84. The molecule has 1 aliphatic carbocycles. The molecule has 0 spiro atoms. The minimum Gasteiger partial charge on any atom is -0.0625 e. The molecule has 1 fully saturated rings. The van der Waals surface area contributed by atoms with Gasteiger partial charge in [0.1, 0.15) is 0 Å². The number of benzene rings is 1. The number of hydrogen-bond donors (Lipinski definition) is 0. The summed E-state index contributed by atoms with van der Waals surface area (Å²) in [5, 5.41) is 0. The Bertz CT molecular complexity index is 248. The van der Waals surface area contributed by atoms with Crippen LogP contribution in [0.3, 0.4) is 0 Å². The van der Waals surface area contributed by atoms with Crippen molar-refractivity contribution in [2.75, 3.05) is 0 Å². The van der Waals surface area contributed by atoms with Gasteiger partial charge in [-0.2, -0.15) is 0 Å². The second-order valence-electron chi connectivity index (χ2n) is 4.16. The average Bonchev–Trinajstić information content (AvgIpc) is 2.84. The van der Waals surface area contributed by atoms with Crippen LogP contribution in [0.25, 0.3) is 0 Å². The van der Waals surface area contributed by atoms with Crippen LogP contribution in [0.1, 0.15) is 31.7 Å². The zero-order valence-corrected chi connectivity index (χ0v) is 7.83. The van der Waals surface area contributed by atoms with Gasteiger partial charge >= 0.3 is 0 Å². The Morgan fingerprint density at radius 2 is 1.83 bits per heavy atom. The van der Waals surface area contributed by atoms with Crippen molar-refractivity contribution >= 4 is 0 Å². The highest BCUT2D eigenvalue weighted by Crippen LogP contribution is 2.51. The molecule has 2 rings (SSSR count). The van der Waals surface area contributed by atoms with Crippen molar-refractivity contribution in [3.8, 4) is 0 Å². The van der Waals surface area contributed by atoms with E-state index in [2.05, 4.69) is 44.2 Å². The van der Waals surface area contributed by atoms with Gasteiger partial charge in [0.2, 0.25) is 0 Å². The van der Waals surface area contributed by atoms with E-state index in [0.29, 0.717) is 0 Å².